The fourth-order valence-corrected chi connectivity index (χ4v) is 3.07. The third-order valence-electron chi connectivity index (χ3n) is 3.25. The van der Waals surface area contributed by atoms with E-state index in [-0.39, 0.29) is 5.48 Å². The van der Waals surface area contributed by atoms with E-state index in [2.05, 4.69) is 0 Å². The molecule has 0 aliphatic rings. The fraction of sp³-hybridized carbons (Fsp3) is 0.235. The maximum atomic E-state index is 12.7. The van der Waals surface area contributed by atoms with Gasteiger partial charge in [-0.25, -0.2) is 0 Å². The lowest BCUT2D eigenvalue weighted by Gasteiger charge is -2.19. The normalized spacial score (nSPS) is 11.1. The number of ether oxygens (including phenoxy) is 4. The highest BCUT2D eigenvalue weighted by molar-refractivity contribution is 7.49. The molecule has 0 spiro atoms. The van der Waals surface area contributed by atoms with Gasteiger partial charge < -0.3 is 24.1 Å². The van der Waals surface area contributed by atoms with Gasteiger partial charge in [-0.3, -0.25) is 0 Å². The van der Waals surface area contributed by atoms with E-state index < -0.39 is 0 Å². The van der Waals surface area contributed by atoms with Gasteiger partial charge in [0.25, 0.3) is 0 Å². The summed E-state index contributed by atoms with van der Waals surface area (Å²) in [6, 6.07) is 10.6. The Balaban J connectivity index is 2.52. The first-order valence-corrected chi connectivity index (χ1v) is 7.73. The van der Waals surface area contributed by atoms with Crippen molar-refractivity contribution in [3.8, 4) is 23.0 Å². The topological polar surface area (TPSA) is 60.0 Å². The molecule has 23 heavy (non-hydrogen) atoms. The zero-order valence-corrected chi connectivity index (χ0v) is 14.3. The molecule has 0 N–H and O–H groups in total. The van der Waals surface area contributed by atoms with Crippen LogP contribution in [0.25, 0.3) is 0 Å². The summed E-state index contributed by atoms with van der Waals surface area (Å²) in [7, 11) is 6.65. The van der Waals surface area contributed by atoms with Gasteiger partial charge in [0.15, 0.2) is 0 Å². The minimum absolute atomic E-state index is 0.136. The number of rotatable bonds is 6. The summed E-state index contributed by atoms with van der Waals surface area (Å²) in [4.78, 5) is 0. The second-order valence-electron chi connectivity index (χ2n) is 4.49. The SMILES string of the molecule is COc1ccc(P=C([O-])c2c(OC)cccc2OC)c(OC)c1. The Bertz CT molecular complexity index is 690. The minimum atomic E-state index is -0.136. The van der Waals surface area contributed by atoms with E-state index >= 15 is 0 Å². The third kappa shape index (κ3) is 3.76. The molecular formula is C17H18O5P-. The lowest BCUT2D eigenvalue weighted by Crippen LogP contribution is -2.20. The minimum Gasteiger partial charge on any atom is -0.823 e. The Hall–Kier alpha value is -2.23. The first-order valence-electron chi connectivity index (χ1n) is 6.83. The quantitative estimate of drug-likeness (QED) is 0.755. The summed E-state index contributed by atoms with van der Waals surface area (Å²) in [6.07, 6.45) is 0. The molecule has 0 bridgehead atoms. The molecule has 0 unspecified atom stereocenters. The van der Waals surface area contributed by atoms with Gasteiger partial charge in [-0.15, -0.1) is 0 Å². The number of hydrogen-bond donors (Lipinski definition) is 0. The van der Waals surface area contributed by atoms with Crippen molar-refractivity contribution >= 4 is 19.0 Å². The van der Waals surface area contributed by atoms with Crippen molar-refractivity contribution < 1.29 is 24.1 Å². The average Bonchev–Trinajstić information content (AvgIpc) is 2.60. The van der Waals surface area contributed by atoms with E-state index in [0.717, 1.165) is 5.30 Å². The van der Waals surface area contributed by atoms with Crippen LogP contribution in [0.1, 0.15) is 5.56 Å². The highest BCUT2D eigenvalue weighted by Gasteiger charge is 2.10. The molecule has 0 aliphatic carbocycles. The van der Waals surface area contributed by atoms with E-state index in [1.54, 1.807) is 50.6 Å². The van der Waals surface area contributed by atoms with Crippen LogP contribution in [0.3, 0.4) is 0 Å². The lowest BCUT2D eigenvalue weighted by molar-refractivity contribution is -0.207. The monoisotopic (exact) mass is 333 g/mol. The average molecular weight is 333 g/mol. The second kappa shape index (κ2) is 7.86. The van der Waals surface area contributed by atoms with Gasteiger partial charge in [0.05, 0.1) is 28.4 Å². The van der Waals surface area contributed by atoms with Crippen LogP contribution < -0.4 is 29.4 Å². The van der Waals surface area contributed by atoms with E-state index in [4.69, 9.17) is 18.9 Å². The molecular weight excluding hydrogens is 315 g/mol. The van der Waals surface area contributed by atoms with Crippen molar-refractivity contribution in [2.24, 2.45) is 0 Å². The molecule has 6 heteroatoms. The summed E-state index contributed by atoms with van der Waals surface area (Å²) < 4.78 is 21.1. The summed E-state index contributed by atoms with van der Waals surface area (Å²) in [5.74, 6) is 2.22. The standard InChI is InChI=1S/C17H19O5P/c1-19-11-8-9-15(14(10-11)22-4)23-17(18)16-12(20-2)6-5-7-13(16)21-3/h5-10,18H,1-4H3/p-1. The number of methoxy groups -OCH3 is 4. The first kappa shape index (κ1) is 17.1. The molecule has 0 saturated carbocycles. The molecule has 0 fully saturated rings. The van der Waals surface area contributed by atoms with Crippen LogP contribution >= 0.6 is 8.20 Å². The smallest absolute Gasteiger partial charge is 0.134 e. The Morgan fingerprint density at radius 3 is 1.96 bits per heavy atom. The van der Waals surface area contributed by atoms with Crippen LogP contribution in [0.2, 0.25) is 0 Å². The summed E-state index contributed by atoms with van der Waals surface area (Å²) in [6.45, 7) is 0. The van der Waals surface area contributed by atoms with Gasteiger partial charge in [0.2, 0.25) is 0 Å². The van der Waals surface area contributed by atoms with Gasteiger partial charge in [-0.05, 0) is 24.3 Å². The van der Waals surface area contributed by atoms with Crippen molar-refractivity contribution in [1.29, 1.82) is 0 Å². The zero-order valence-electron chi connectivity index (χ0n) is 13.5. The van der Waals surface area contributed by atoms with Gasteiger partial charge in [-0.2, -0.15) is 0 Å². The molecule has 5 nitrogen and oxygen atoms in total. The predicted molar refractivity (Wildman–Crippen MR) is 89.8 cm³/mol. The highest BCUT2D eigenvalue weighted by Crippen LogP contribution is 2.30. The van der Waals surface area contributed by atoms with Crippen LogP contribution in [0.15, 0.2) is 36.4 Å². The molecule has 122 valence electrons. The molecule has 0 radical (unpaired) electrons. The van der Waals surface area contributed by atoms with Crippen LogP contribution in [-0.2, 0) is 0 Å². The third-order valence-corrected chi connectivity index (χ3v) is 4.29. The molecule has 0 aliphatic heterocycles. The van der Waals surface area contributed by atoms with Crippen molar-refractivity contribution in [3.05, 3.63) is 42.0 Å². The molecule has 0 amide bonds. The van der Waals surface area contributed by atoms with Gasteiger partial charge in [-0.1, -0.05) is 19.8 Å². The summed E-state index contributed by atoms with van der Waals surface area (Å²) in [5.41, 5.74) is 0.278. The first-order chi connectivity index (χ1) is 11.1. The Morgan fingerprint density at radius 2 is 1.43 bits per heavy atom. The van der Waals surface area contributed by atoms with Gasteiger partial charge >= 0.3 is 0 Å². The molecule has 2 aromatic carbocycles. The molecule has 2 rings (SSSR count). The van der Waals surface area contributed by atoms with Crippen molar-refractivity contribution in [3.63, 3.8) is 0 Å². The molecule has 0 heterocycles. The number of hydrogen-bond acceptors (Lipinski definition) is 5. The summed E-state index contributed by atoms with van der Waals surface area (Å²) in [5, 5.41) is 13.5. The highest BCUT2D eigenvalue weighted by atomic mass is 31.1. The van der Waals surface area contributed by atoms with Crippen LogP contribution in [0, 0.1) is 0 Å². The predicted octanol–water partition coefficient (Wildman–Crippen LogP) is 1.83. The maximum Gasteiger partial charge on any atom is 0.134 e. The maximum absolute atomic E-state index is 12.7. The number of benzene rings is 2. The van der Waals surface area contributed by atoms with Crippen molar-refractivity contribution in [2.45, 2.75) is 0 Å². The van der Waals surface area contributed by atoms with Crippen molar-refractivity contribution in [2.75, 3.05) is 28.4 Å². The van der Waals surface area contributed by atoms with E-state index in [9.17, 15) is 5.11 Å². The Morgan fingerprint density at radius 1 is 0.826 bits per heavy atom. The summed E-state index contributed by atoms with van der Waals surface area (Å²) >= 11 is 0. The fourth-order valence-electron chi connectivity index (χ4n) is 2.10. The second-order valence-corrected chi connectivity index (χ2v) is 5.60. The lowest BCUT2D eigenvalue weighted by atomic mass is 10.2. The van der Waals surface area contributed by atoms with Crippen LogP contribution in [0.5, 0.6) is 23.0 Å². The largest absolute Gasteiger partial charge is 0.823 e. The molecule has 0 aromatic heterocycles. The zero-order chi connectivity index (χ0) is 16.8. The van der Waals surface area contributed by atoms with Crippen molar-refractivity contribution in [1.82, 2.24) is 0 Å². The Labute approximate surface area is 137 Å². The van der Waals surface area contributed by atoms with Gasteiger partial charge in [0.1, 0.15) is 23.0 Å². The van der Waals surface area contributed by atoms with Crippen LogP contribution in [0.4, 0.5) is 0 Å². The van der Waals surface area contributed by atoms with E-state index in [1.165, 1.54) is 14.2 Å². The van der Waals surface area contributed by atoms with Crippen LogP contribution in [-0.4, -0.2) is 33.9 Å². The molecule has 0 saturated heterocycles. The Kier molecular flexibility index (Phi) is 5.85. The van der Waals surface area contributed by atoms with E-state index in [1.807, 2.05) is 0 Å². The molecule has 2 aromatic rings. The molecule has 0 atom stereocenters. The van der Waals surface area contributed by atoms with Gasteiger partial charge in [0, 0.05) is 16.9 Å². The van der Waals surface area contributed by atoms with E-state index in [0.29, 0.717) is 36.8 Å².